The molecule has 2 aromatic carbocycles. The van der Waals surface area contributed by atoms with Crippen molar-refractivity contribution in [2.75, 3.05) is 7.11 Å². The van der Waals surface area contributed by atoms with Crippen molar-refractivity contribution in [3.05, 3.63) is 58.6 Å². The van der Waals surface area contributed by atoms with Gasteiger partial charge in [0, 0.05) is 16.7 Å². The van der Waals surface area contributed by atoms with Gasteiger partial charge in [0.1, 0.15) is 18.1 Å². The molecule has 0 heterocycles. The van der Waals surface area contributed by atoms with Gasteiger partial charge >= 0.3 is 0 Å². The number of nitrogens with zero attached hydrogens (tertiary/aromatic N) is 1. The lowest BCUT2D eigenvalue weighted by Gasteiger charge is -2.10. The molecule has 0 aliphatic carbocycles. The third kappa shape index (κ3) is 3.65. The highest BCUT2D eigenvalue weighted by atomic mass is 35.5. The van der Waals surface area contributed by atoms with Gasteiger partial charge in [-0.1, -0.05) is 28.9 Å². The van der Waals surface area contributed by atoms with Gasteiger partial charge in [-0.2, -0.15) is 0 Å². The molecule has 5 heteroatoms. The first-order valence-corrected chi connectivity index (χ1v) is 6.33. The number of hydrogen-bond acceptors (Lipinski definition) is 4. The summed E-state index contributed by atoms with van der Waals surface area (Å²) in [6, 6.07) is 12.7. The summed E-state index contributed by atoms with van der Waals surface area (Å²) in [5, 5.41) is 12.4. The summed E-state index contributed by atoms with van der Waals surface area (Å²) in [6.45, 7) is 0.386. The molecule has 0 saturated heterocycles. The van der Waals surface area contributed by atoms with E-state index in [0.717, 1.165) is 5.56 Å². The summed E-state index contributed by atoms with van der Waals surface area (Å²) in [6.07, 6.45) is 1.32. The first-order valence-electron chi connectivity index (χ1n) is 5.95. The van der Waals surface area contributed by atoms with Crippen LogP contribution < -0.4 is 9.47 Å². The maximum Gasteiger partial charge on any atom is 0.132 e. The van der Waals surface area contributed by atoms with Gasteiger partial charge in [0.15, 0.2) is 0 Å². The van der Waals surface area contributed by atoms with Crippen LogP contribution in [0.4, 0.5) is 0 Å². The Balaban J connectivity index is 2.16. The lowest BCUT2D eigenvalue weighted by atomic mass is 10.2. The van der Waals surface area contributed by atoms with E-state index in [0.29, 0.717) is 28.7 Å². The molecule has 1 N–H and O–H groups in total. The number of methoxy groups -OCH3 is 1. The fraction of sp³-hybridized carbons (Fsp3) is 0.133. The molecule has 20 heavy (non-hydrogen) atoms. The zero-order valence-electron chi connectivity index (χ0n) is 10.9. The van der Waals surface area contributed by atoms with Crippen molar-refractivity contribution < 1.29 is 14.7 Å². The molecule has 0 spiro atoms. The summed E-state index contributed by atoms with van der Waals surface area (Å²) < 4.78 is 10.9. The number of rotatable bonds is 5. The molecule has 0 aromatic heterocycles. The van der Waals surface area contributed by atoms with Gasteiger partial charge < -0.3 is 14.7 Å². The van der Waals surface area contributed by atoms with Crippen molar-refractivity contribution in [3.63, 3.8) is 0 Å². The Bertz CT molecular complexity index is 597. The Kier molecular flexibility index (Phi) is 4.85. The van der Waals surface area contributed by atoms with Gasteiger partial charge in [-0.25, -0.2) is 0 Å². The average Bonchev–Trinajstić information content (AvgIpc) is 2.48. The van der Waals surface area contributed by atoms with Crippen LogP contribution in [0.25, 0.3) is 0 Å². The molecule has 0 fully saturated rings. The molecule has 0 unspecified atom stereocenters. The molecule has 0 bridgehead atoms. The third-order valence-electron chi connectivity index (χ3n) is 2.73. The van der Waals surface area contributed by atoms with Crippen LogP contribution in [0, 0.1) is 0 Å². The van der Waals surface area contributed by atoms with Gasteiger partial charge in [0.2, 0.25) is 0 Å². The Labute approximate surface area is 122 Å². The summed E-state index contributed by atoms with van der Waals surface area (Å²) >= 11 is 5.83. The monoisotopic (exact) mass is 291 g/mol. The fourth-order valence-corrected chi connectivity index (χ4v) is 1.80. The molecule has 0 aliphatic heterocycles. The van der Waals surface area contributed by atoms with Crippen molar-refractivity contribution in [2.45, 2.75) is 6.61 Å². The SMILES string of the molecule is COc1ccc(C=NO)c(OCc2ccc(Cl)cc2)c1. The van der Waals surface area contributed by atoms with E-state index < -0.39 is 0 Å². The summed E-state index contributed by atoms with van der Waals surface area (Å²) in [7, 11) is 1.58. The average molecular weight is 292 g/mol. The van der Waals surface area contributed by atoms with Gasteiger partial charge in [-0.15, -0.1) is 0 Å². The molecule has 0 radical (unpaired) electrons. The predicted molar refractivity (Wildman–Crippen MR) is 78.2 cm³/mol. The van der Waals surface area contributed by atoms with E-state index in [1.54, 1.807) is 25.3 Å². The zero-order valence-corrected chi connectivity index (χ0v) is 11.7. The van der Waals surface area contributed by atoms with E-state index in [4.69, 9.17) is 26.3 Å². The second kappa shape index (κ2) is 6.82. The van der Waals surface area contributed by atoms with Crippen molar-refractivity contribution in [1.82, 2.24) is 0 Å². The molecular formula is C15H14ClNO3. The Hall–Kier alpha value is -2.20. The number of ether oxygens (including phenoxy) is 2. The maximum atomic E-state index is 8.65. The van der Waals surface area contributed by atoms with E-state index in [2.05, 4.69) is 5.16 Å². The fourth-order valence-electron chi connectivity index (χ4n) is 1.68. The second-order valence-electron chi connectivity index (χ2n) is 4.06. The lowest BCUT2D eigenvalue weighted by Crippen LogP contribution is -1.99. The smallest absolute Gasteiger partial charge is 0.132 e. The molecule has 0 aliphatic rings. The maximum absolute atomic E-state index is 8.65. The quantitative estimate of drug-likeness (QED) is 0.519. The zero-order chi connectivity index (χ0) is 14.4. The van der Waals surface area contributed by atoms with Crippen LogP contribution in [0.3, 0.4) is 0 Å². The summed E-state index contributed by atoms with van der Waals surface area (Å²) in [5.41, 5.74) is 1.66. The van der Waals surface area contributed by atoms with E-state index in [-0.39, 0.29) is 0 Å². The molecule has 4 nitrogen and oxygen atoms in total. The summed E-state index contributed by atoms with van der Waals surface area (Å²) in [5.74, 6) is 1.25. The number of benzene rings is 2. The van der Waals surface area contributed by atoms with Gasteiger partial charge in [0.05, 0.1) is 13.3 Å². The highest BCUT2D eigenvalue weighted by Crippen LogP contribution is 2.24. The van der Waals surface area contributed by atoms with Crippen molar-refractivity contribution in [3.8, 4) is 11.5 Å². The summed E-state index contributed by atoms with van der Waals surface area (Å²) in [4.78, 5) is 0. The lowest BCUT2D eigenvalue weighted by molar-refractivity contribution is 0.302. The van der Waals surface area contributed by atoms with Gasteiger partial charge in [-0.3, -0.25) is 0 Å². The first-order chi connectivity index (χ1) is 9.72. The molecule has 0 amide bonds. The standard InChI is InChI=1S/C15H14ClNO3/c1-19-14-7-4-12(9-17-18)15(8-14)20-10-11-2-5-13(16)6-3-11/h2-9,18H,10H2,1H3. The molecule has 0 atom stereocenters. The predicted octanol–water partition coefficient (Wildman–Crippen LogP) is 3.74. The van der Waals surface area contributed by atoms with Crippen LogP contribution in [0.1, 0.15) is 11.1 Å². The topological polar surface area (TPSA) is 51.0 Å². The molecule has 0 saturated carbocycles. The normalized spacial score (nSPS) is 10.7. The van der Waals surface area contributed by atoms with Crippen LogP contribution in [-0.2, 0) is 6.61 Å². The van der Waals surface area contributed by atoms with Crippen molar-refractivity contribution in [2.24, 2.45) is 5.16 Å². The number of oxime groups is 1. The Morgan fingerprint density at radius 2 is 1.95 bits per heavy atom. The third-order valence-corrected chi connectivity index (χ3v) is 2.98. The molecule has 2 aromatic rings. The van der Waals surface area contributed by atoms with Crippen LogP contribution in [-0.4, -0.2) is 18.5 Å². The minimum absolute atomic E-state index is 0.386. The van der Waals surface area contributed by atoms with Crippen LogP contribution in [0.5, 0.6) is 11.5 Å². The van der Waals surface area contributed by atoms with Gasteiger partial charge in [0.25, 0.3) is 0 Å². The van der Waals surface area contributed by atoms with E-state index in [1.165, 1.54) is 6.21 Å². The van der Waals surface area contributed by atoms with Crippen LogP contribution >= 0.6 is 11.6 Å². The largest absolute Gasteiger partial charge is 0.497 e. The highest BCUT2D eigenvalue weighted by Gasteiger charge is 2.05. The number of halogens is 1. The molecule has 104 valence electrons. The minimum atomic E-state index is 0.386. The first kappa shape index (κ1) is 14.2. The second-order valence-corrected chi connectivity index (χ2v) is 4.50. The van der Waals surface area contributed by atoms with Crippen LogP contribution in [0.15, 0.2) is 47.6 Å². The van der Waals surface area contributed by atoms with E-state index in [9.17, 15) is 0 Å². The number of hydrogen-bond donors (Lipinski definition) is 1. The van der Waals surface area contributed by atoms with E-state index in [1.807, 2.05) is 24.3 Å². The molecule has 2 rings (SSSR count). The minimum Gasteiger partial charge on any atom is -0.497 e. The van der Waals surface area contributed by atoms with Gasteiger partial charge in [-0.05, 0) is 29.8 Å². The van der Waals surface area contributed by atoms with Crippen LogP contribution in [0.2, 0.25) is 5.02 Å². The highest BCUT2D eigenvalue weighted by molar-refractivity contribution is 6.30. The van der Waals surface area contributed by atoms with E-state index >= 15 is 0 Å². The Morgan fingerprint density at radius 3 is 2.60 bits per heavy atom. The Morgan fingerprint density at radius 1 is 1.20 bits per heavy atom. The van der Waals surface area contributed by atoms with Crippen molar-refractivity contribution >= 4 is 17.8 Å². The molecular weight excluding hydrogens is 278 g/mol. The van der Waals surface area contributed by atoms with Crippen molar-refractivity contribution in [1.29, 1.82) is 0 Å².